The van der Waals surface area contributed by atoms with Gasteiger partial charge in [-0.1, -0.05) is 23.7 Å². The highest BCUT2D eigenvalue weighted by Gasteiger charge is 2.28. The summed E-state index contributed by atoms with van der Waals surface area (Å²) in [5.74, 6) is -0.941. The number of benzene rings is 2. The molecule has 21 heavy (non-hydrogen) atoms. The minimum absolute atomic E-state index is 0.0291. The lowest BCUT2D eigenvalue weighted by molar-refractivity contribution is 0.0983. The van der Waals surface area contributed by atoms with Crippen LogP contribution in [0, 0.1) is 0 Å². The van der Waals surface area contributed by atoms with Gasteiger partial charge in [0.05, 0.1) is 11.3 Å². The number of rotatable bonds is 2. The molecule has 0 saturated heterocycles. The molecule has 0 radical (unpaired) electrons. The number of fused-ring (bicyclic) bond motifs is 1. The largest absolute Gasteiger partial charge is 0.507 e. The molecule has 3 rings (SSSR count). The molecule has 0 fully saturated rings. The molecule has 5 heteroatoms. The zero-order chi connectivity index (χ0) is 15.0. The van der Waals surface area contributed by atoms with Gasteiger partial charge in [-0.15, -0.1) is 0 Å². The Balaban J connectivity index is 1.98. The van der Waals surface area contributed by atoms with E-state index in [1.54, 1.807) is 24.3 Å². The summed E-state index contributed by atoms with van der Waals surface area (Å²) in [5.41, 5.74) is 0.991. The fourth-order valence-corrected chi connectivity index (χ4v) is 2.30. The van der Waals surface area contributed by atoms with Crippen molar-refractivity contribution in [1.29, 1.82) is 0 Å². The summed E-state index contributed by atoms with van der Waals surface area (Å²) in [6, 6.07) is 11.2. The van der Waals surface area contributed by atoms with Gasteiger partial charge in [0, 0.05) is 22.3 Å². The van der Waals surface area contributed by atoms with Crippen LogP contribution in [-0.4, -0.2) is 16.7 Å². The van der Waals surface area contributed by atoms with Crippen molar-refractivity contribution in [2.45, 2.75) is 0 Å². The number of allylic oxidation sites excluding steroid dienone is 2. The maximum Gasteiger partial charge on any atom is 0.213 e. The van der Waals surface area contributed by atoms with Crippen molar-refractivity contribution in [2.24, 2.45) is 0 Å². The zero-order valence-electron chi connectivity index (χ0n) is 10.8. The molecule has 0 heterocycles. The van der Waals surface area contributed by atoms with E-state index in [-0.39, 0.29) is 28.4 Å². The molecule has 1 aliphatic rings. The molecule has 0 spiro atoms. The SMILES string of the molecule is O=C1C=C(Nc2ccc(Cl)cc2)C(=O)c2c(O)cccc21. The minimum atomic E-state index is -0.419. The highest BCUT2D eigenvalue weighted by Crippen LogP contribution is 2.29. The lowest BCUT2D eigenvalue weighted by atomic mass is 9.92. The van der Waals surface area contributed by atoms with E-state index < -0.39 is 5.78 Å². The van der Waals surface area contributed by atoms with Gasteiger partial charge in [0.15, 0.2) is 5.78 Å². The van der Waals surface area contributed by atoms with Crippen LogP contribution in [0.4, 0.5) is 5.69 Å². The third-order valence-corrected chi connectivity index (χ3v) is 3.43. The van der Waals surface area contributed by atoms with Gasteiger partial charge >= 0.3 is 0 Å². The summed E-state index contributed by atoms with van der Waals surface area (Å²) < 4.78 is 0. The average molecular weight is 300 g/mol. The maximum atomic E-state index is 12.4. The van der Waals surface area contributed by atoms with Crippen LogP contribution in [0.1, 0.15) is 20.7 Å². The van der Waals surface area contributed by atoms with Gasteiger partial charge in [0.2, 0.25) is 5.78 Å². The molecule has 0 bridgehead atoms. The number of ketones is 2. The fraction of sp³-hybridized carbons (Fsp3) is 0. The van der Waals surface area contributed by atoms with Crippen molar-refractivity contribution in [2.75, 3.05) is 5.32 Å². The first kappa shape index (κ1) is 13.4. The summed E-state index contributed by atoms with van der Waals surface area (Å²) in [6.45, 7) is 0. The number of aromatic hydroxyl groups is 1. The number of Topliss-reactive ketones (excluding diaryl/α,β-unsaturated/α-hetero) is 1. The molecule has 2 aromatic rings. The van der Waals surface area contributed by atoms with Crippen LogP contribution >= 0.6 is 11.6 Å². The molecule has 0 aliphatic heterocycles. The third kappa shape index (κ3) is 2.41. The van der Waals surface area contributed by atoms with Gasteiger partial charge in [-0.25, -0.2) is 0 Å². The smallest absolute Gasteiger partial charge is 0.213 e. The van der Waals surface area contributed by atoms with E-state index in [2.05, 4.69) is 5.32 Å². The first-order valence-electron chi connectivity index (χ1n) is 6.21. The number of phenols is 1. The van der Waals surface area contributed by atoms with E-state index >= 15 is 0 Å². The van der Waals surface area contributed by atoms with E-state index in [0.717, 1.165) is 0 Å². The molecule has 104 valence electrons. The van der Waals surface area contributed by atoms with Crippen LogP contribution in [0.3, 0.4) is 0 Å². The second-order valence-electron chi connectivity index (χ2n) is 4.58. The van der Waals surface area contributed by atoms with E-state index in [1.165, 1.54) is 24.3 Å². The minimum Gasteiger partial charge on any atom is -0.507 e. The van der Waals surface area contributed by atoms with Crippen LogP contribution in [0.5, 0.6) is 5.75 Å². The number of carbonyl (C=O) groups is 2. The van der Waals surface area contributed by atoms with Gasteiger partial charge in [-0.05, 0) is 30.3 Å². The van der Waals surface area contributed by atoms with Crippen LogP contribution in [0.15, 0.2) is 54.2 Å². The molecule has 0 unspecified atom stereocenters. The van der Waals surface area contributed by atoms with Crippen LogP contribution in [-0.2, 0) is 0 Å². The van der Waals surface area contributed by atoms with Gasteiger partial charge in [-0.3, -0.25) is 9.59 Å². The van der Waals surface area contributed by atoms with Crippen molar-refractivity contribution in [3.05, 3.63) is 70.4 Å². The second-order valence-corrected chi connectivity index (χ2v) is 5.02. The summed E-state index contributed by atoms with van der Waals surface area (Å²) in [4.78, 5) is 24.4. The monoisotopic (exact) mass is 299 g/mol. The maximum absolute atomic E-state index is 12.4. The number of phenolic OH excluding ortho intramolecular Hbond substituents is 1. The van der Waals surface area contributed by atoms with Crippen molar-refractivity contribution >= 4 is 28.9 Å². The molecule has 1 aliphatic carbocycles. The van der Waals surface area contributed by atoms with Crippen LogP contribution < -0.4 is 5.32 Å². The Morgan fingerprint density at radius 3 is 2.43 bits per heavy atom. The number of halogens is 1. The van der Waals surface area contributed by atoms with E-state index in [4.69, 9.17) is 11.6 Å². The predicted molar refractivity (Wildman–Crippen MR) is 79.9 cm³/mol. The van der Waals surface area contributed by atoms with Crippen LogP contribution in [0.2, 0.25) is 5.02 Å². The van der Waals surface area contributed by atoms with Gasteiger partial charge < -0.3 is 10.4 Å². The Morgan fingerprint density at radius 1 is 1.00 bits per heavy atom. The summed E-state index contributed by atoms with van der Waals surface area (Å²) in [5, 5.41) is 13.3. The standard InChI is InChI=1S/C16H10ClNO3/c17-9-4-6-10(7-5-9)18-12-8-14(20)11-2-1-3-13(19)15(11)16(12)21/h1-8,18-19H. The Kier molecular flexibility index (Phi) is 3.23. The molecule has 4 nitrogen and oxygen atoms in total. The first-order valence-corrected chi connectivity index (χ1v) is 6.59. The third-order valence-electron chi connectivity index (χ3n) is 3.18. The number of hydrogen-bond acceptors (Lipinski definition) is 4. The Hall–Kier alpha value is -2.59. The second kappa shape index (κ2) is 5.07. The highest BCUT2D eigenvalue weighted by atomic mass is 35.5. The van der Waals surface area contributed by atoms with Gasteiger partial charge in [-0.2, -0.15) is 0 Å². The molecule has 2 N–H and O–H groups in total. The molecule has 2 aromatic carbocycles. The normalized spacial score (nSPS) is 13.7. The van der Waals surface area contributed by atoms with E-state index in [9.17, 15) is 14.7 Å². The average Bonchev–Trinajstić information content (AvgIpc) is 2.46. The number of anilines is 1. The molecule has 0 atom stereocenters. The Bertz CT molecular complexity index is 779. The van der Waals surface area contributed by atoms with E-state index in [1.807, 2.05) is 0 Å². The fourth-order valence-electron chi connectivity index (χ4n) is 2.17. The molecule has 0 amide bonds. The lowest BCUT2D eigenvalue weighted by Crippen LogP contribution is -2.21. The zero-order valence-corrected chi connectivity index (χ0v) is 11.5. The summed E-state index contributed by atoms with van der Waals surface area (Å²) in [7, 11) is 0. The van der Waals surface area contributed by atoms with Crippen molar-refractivity contribution < 1.29 is 14.7 Å². The molecule has 0 aromatic heterocycles. The first-order chi connectivity index (χ1) is 10.1. The summed E-state index contributed by atoms with van der Waals surface area (Å²) in [6.07, 6.45) is 1.23. The quantitative estimate of drug-likeness (QED) is 0.891. The number of hydrogen-bond donors (Lipinski definition) is 2. The summed E-state index contributed by atoms with van der Waals surface area (Å²) >= 11 is 5.80. The number of nitrogens with one attached hydrogen (secondary N) is 1. The Morgan fingerprint density at radius 2 is 1.71 bits per heavy atom. The predicted octanol–water partition coefficient (Wildman–Crippen LogP) is 3.42. The highest BCUT2D eigenvalue weighted by molar-refractivity contribution is 6.30. The van der Waals surface area contributed by atoms with Crippen LogP contribution in [0.25, 0.3) is 0 Å². The lowest BCUT2D eigenvalue weighted by Gasteiger charge is -2.17. The van der Waals surface area contributed by atoms with Crippen molar-refractivity contribution in [3.63, 3.8) is 0 Å². The topological polar surface area (TPSA) is 66.4 Å². The van der Waals surface area contributed by atoms with Crippen molar-refractivity contribution in [1.82, 2.24) is 0 Å². The van der Waals surface area contributed by atoms with Crippen molar-refractivity contribution in [3.8, 4) is 5.75 Å². The molecule has 0 saturated carbocycles. The molecular formula is C16H10ClNO3. The Labute approximate surface area is 125 Å². The molecular weight excluding hydrogens is 290 g/mol. The van der Waals surface area contributed by atoms with Gasteiger partial charge in [0.1, 0.15) is 5.75 Å². The number of carbonyl (C=O) groups excluding carboxylic acids is 2. The van der Waals surface area contributed by atoms with E-state index in [0.29, 0.717) is 10.7 Å². The van der Waals surface area contributed by atoms with Gasteiger partial charge in [0.25, 0.3) is 0 Å².